The average Bonchev–Trinajstić information content (AvgIpc) is 2.95. The maximum absolute atomic E-state index is 5.99. The molecule has 3 aromatic heterocycles. The molecule has 0 radical (unpaired) electrons. The summed E-state index contributed by atoms with van der Waals surface area (Å²) in [7, 11) is 0. The second-order valence-electron chi connectivity index (χ2n) is 8.20. The third-order valence-electron chi connectivity index (χ3n) is 5.60. The Balaban J connectivity index is 1.10. The predicted octanol–water partition coefficient (Wildman–Crippen LogP) is 5.97. The largest absolute Gasteiger partial charge is 0.491 e. The molecule has 0 bridgehead atoms. The monoisotopic (exact) mass is 477 g/mol. The van der Waals surface area contributed by atoms with Gasteiger partial charge in [0.2, 0.25) is 0 Å². The van der Waals surface area contributed by atoms with Crippen molar-refractivity contribution in [3.8, 4) is 28.5 Å². The van der Waals surface area contributed by atoms with Crippen molar-refractivity contribution >= 4 is 10.8 Å². The van der Waals surface area contributed by atoms with Crippen LogP contribution in [-0.4, -0.2) is 41.4 Å². The quantitative estimate of drug-likeness (QED) is 0.218. The molecule has 0 saturated carbocycles. The van der Waals surface area contributed by atoms with Gasteiger partial charge >= 0.3 is 0 Å². The van der Waals surface area contributed by atoms with Gasteiger partial charge in [0.1, 0.15) is 12.4 Å². The molecule has 0 fully saturated rings. The standard InChI is InChI=1S/C30H27N3O3/c1-2-8-25-19-23(11-12-24(25)7-1)22-35-16-15-34-17-18-36-26-20-29(27-9-3-5-13-31-27)33-30(21-26)28-10-4-6-14-32-28/h1-14,19-21H,15-18,22H2. The van der Waals surface area contributed by atoms with Gasteiger partial charge in [0.15, 0.2) is 0 Å². The number of fused-ring (bicyclic) bond motifs is 1. The summed E-state index contributed by atoms with van der Waals surface area (Å²) in [5.74, 6) is 0.697. The molecule has 0 atom stereocenters. The first-order chi connectivity index (χ1) is 17.8. The second kappa shape index (κ2) is 12.0. The minimum atomic E-state index is 0.415. The van der Waals surface area contributed by atoms with E-state index in [1.807, 2.05) is 60.7 Å². The number of benzene rings is 2. The molecule has 180 valence electrons. The van der Waals surface area contributed by atoms with Gasteiger partial charge in [-0.1, -0.05) is 48.5 Å². The lowest BCUT2D eigenvalue weighted by Gasteiger charge is -2.11. The molecule has 6 heteroatoms. The highest BCUT2D eigenvalue weighted by molar-refractivity contribution is 5.82. The number of pyridine rings is 3. The zero-order valence-corrected chi connectivity index (χ0v) is 19.9. The van der Waals surface area contributed by atoms with Crippen molar-refractivity contribution in [2.24, 2.45) is 0 Å². The fraction of sp³-hybridized carbons (Fsp3) is 0.167. The van der Waals surface area contributed by atoms with Crippen molar-refractivity contribution in [3.05, 3.63) is 109 Å². The third-order valence-corrected chi connectivity index (χ3v) is 5.60. The number of hydrogen-bond acceptors (Lipinski definition) is 6. The normalized spacial score (nSPS) is 11.0. The van der Waals surface area contributed by atoms with Crippen LogP contribution in [0.1, 0.15) is 5.56 Å². The Kier molecular flexibility index (Phi) is 7.88. The molecule has 0 aliphatic rings. The zero-order valence-electron chi connectivity index (χ0n) is 19.9. The summed E-state index contributed by atoms with van der Waals surface area (Å²) in [6.45, 7) is 2.47. The van der Waals surface area contributed by atoms with E-state index >= 15 is 0 Å². The topological polar surface area (TPSA) is 66.4 Å². The van der Waals surface area contributed by atoms with Crippen molar-refractivity contribution in [3.63, 3.8) is 0 Å². The predicted molar refractivity (Wildman–Crippen MR) is 141 cm³/mol. The second-order valence-corrected chi connectivity index (χ2v) is 8.20. The van der Waals surface area contributed by atoms with Gasteiger partial charge in [0, 0.05) is 24.5 Å². The molecule has 0 unspecified atom stereocenters. The molecule has 5 rings (SSSR count). The van der Waals surface area contributed by atoms with Crippen LogP contribution in [-0.2, 0) is 16.1 Å². The van der Waals surface area contributed by atoms with E-state index in [1.165, 1.54) is 10.8 Å². The van der Waals surface area contributed by atoms with Crippen LogP contribution in [0.5, 0.6) is 5.75 Å². The van der Waals surface area contributed by atoms with Crippen LogP contribution in [0.15, 0.2) is 103 Å². The number of nitrogens with zero attached hydrogens (tertiary/aromatic N) is 3. The van der Waals surface area contributed by atoms with E-state index in [0.717, 1.165) is 28.3 Å². The van der Waals surface area contributed by atoms with Crippen molar-refractivity contribution in [1.82, 2.24) is 15.0 Å². The number of rotatable bonds is 11. The van der Waals surface area contributed by atoms with Gasteiger partial charge in [-0.3, -0.25) is 9.97 Å². The summed E-state index contributed by atoms with van der Waals surface area (Å²) in [5, 5.41) is 2.46. The Morgan fingerprint density at radius 2 is 1.17 bits per heavy atom. The summed E-state index contributed by atoms with van der Waals surface area (Å²) in [6.07, 6.45) is 3.50. The SMILES string of the molecule is c1ccc(-c2cc(OCCOCCOCc3ccc4ccccc4c3)cc(-c3ccccn3)n2)nc1. The number of hydrogen-bond donors (Lipinski definition) is 0. The molecule has 0 amide bonds. The summed E-state index contributed by atoms with van der Waals surface area (Å²) in [6, 6.07) is 30.0. The molecule has 3 heterocycles. The first kappa shape index (κ1) is 23.6. The average molecular weight is 478 g/mol. The van der Waals surface area contributed by atoms with Gasteiger partial charge in [-0.05, 0) is 46.7 Å². The molecular formula is C30H27N3O3. The Morgan fingerprint density at radius 1 is 0.528 bits per heavy atom. The lowest BCUT2D eigenvalue weighted by molar-refractivity contribution is 0.0304. The molecule has 0 N–H and O–H groups in total. The van der Waals surface area contributed by atoms with Gasteiger partial charge in [0.05, 0.1) is 49.2 Å². The first-order valence-electron chi connectivity index (χ1n) is 12.0. The van der Waals surface area contributed by atoms with Crippen molar-refractivity contribution in [2.75, 3.05) is 26.4 Å². The molecule has 0 saturated heterocycles. The van der Waals surface area contributed by atoms with Gasteiger partial charge < -0.3 is 14.2 Å². The van der Waals surface area contributed by atoms with E-state index in [1.54, 1.807) is 12.4 Å². The van der Waals surface area contributed by atoms with Crippen LogP contribution in [0.25, 0.3) is 33.5 Å². The summed E-state index contributed by atoms with van der Waals surface area (Å²) in [4.78, 5) is 13.6. The lowest BCUT2D eigenvalue weighted by atomic mass is 10.1. The lowest BCUT2D eigenvalue weighted by Crippen LogP contribution is -2.11. The number of ether oxygens (including phenoxy) is 3. The van der Waals surface area contributed by atoms with Crippen molar-refractivity contribution in [1.29, 1.82) is 0 Å². The fourth-order valence-electron chi connectivity index (χ4n) is 3.84. The highest BCUT2D eigenvalue weighted by Gasteiger charge is 2.09. The molecular weight excluding hydrogens is 450 g/mol. The van der Waals surface area contributed by atoms with E-state index in [4.69, 9.17) is 19.2 Å². The smallest absolute Gasteiger partial charge is 0.123 e. The highest BCUT2D eigenvalue weighted by Crippen LogP contribution is 2.26. The fourth-order valence-corrected chi connectivity index (χ4v) is 3.84. The Bertz CT molecular complexity index is 1340. The van der Waals surface area contributed by atoms with E-state index in [-0.39, 0.29) is 0 Å². The van der Waals surface area contributed by atoms with E-state index in [2.05, 4.69) is 40.3 Å². The Hall–Kier alpha value is -4.13. The molecule has 6 nitrogen and oxygen atoms in total. The Morgan fingerprint density at radius 3 is 1.86 bits per heavy atom. The van der Waals surface area contributed by atoms with Gasteiger partial charge in [-0.2, -0.15) is 0 Å². The third kappa shape index (κ3) is 6.30. The van der Waals surface area contributed by atoms with Crippen LogP contribution in [0.2, 0.25) is 0 Å². The maximum Gasteiger partial charge on any atom is 0.123 e. The van der Waals surface area contributed by atoms with Crippen LogP contribution < -0.4 is 4.74 Å². The van der Waals surface area contributed by atoms with E-state index < -0.39 is 0 Å². The maximum atomic E-state index is 5.99. The molecule has 5 aromatic rings. The first-order valence-corrected chi connectivity index (χ1v) is 12.0. The molecule has 0 spiro atoms. The van der Waals surface area contributed by atoms with Crippen molar-refractivity contribution in [2.45, 2.75) is 6.61 Å². The van der Waals surface area contributed by atoms with Crippen LogP contribution in [0.4, 0.5) is 0 Å². The summed E-state index contributed by atoms with van der Waals surface area (Å²) in [5.41, 5.74) is 4.18. The van der Waals surface area contributed by atoms with Crippen molar-refractivity contribution < 1.29 is 14.2 Å². The van der Waals surface area contributed by atoms with Crippen LogP contribution >= 0.6 is 0 Å². The van der Waals surface area contributed by atoms with Gasteiger partial charge in [0.25, 0.3) is 0 Å². The molecule has 0 aliphatic carbocycles. The Labute approximate surface area is 210 Å². The summed E-state index contributed by atoms with van der Waals surface area (Å²) < 4.78 is 17.5. The van der Waals surface area contributed by atoms with Gasteiger partial charge in [-0.25, -0.2) is 4.98 Å². The molecule has 36 heavy (non-hydrogen) atoms. The minimum absolute atomic E-state index is 0.415. The van der Waals surface area contributed by atoms with E-state index in [0.29, 0.717) is 38.8 Å². The number of aromatic nitrogens is 3. The minimum Gasteiger partial charge on any atom is -0.491 e. The van der Waals surface area contributed by atoms with Crippen LogP contribution in [0, 0.1) is 0 Å². The summed E-state index contributed by atoms with van der Waals surface area (Å²) >= 11 is 0. The zero-order chi connectivity index (χ0) is 24.4. The van der Waals surface area contributed by atoms with Gasteiger partial charge in [-0.15, -0.1) is 0 Å². The highest BCUT2D eigenvalue weighted by atomic mass is 16.5. The molecule has 0 aliphatic heterocycles. The van der Waals surface area contributed by atoms with Crippen LogP contribution in [0.3, 0.4) is 0 Å². The molecule has 2 aromatic carbocycles. The van der Waals surface area contributed by atoms with E-state index in [9.17, 15) is 0 Å².